The van der Waals surface area contributed by atoms with E-state index in [0.717, 1.165) is 30.8 Å². The van der Waals surface area contributed by atoms with Crippen LogP contribution in [-0.4, -0.2) is 49.6 Å². The summed E-state index contributed by atoms with van der Waals surface area (Å²) in [6, 6.07) is 7.30. The van der Waals surface area contributed by atoms with E-state index in [9.17, 15) is 9.59 Å². The highest BCUT2D eigenvalue weighted by atomic mass is 16.5. The number of esters is 1. The highest BCUT2D eigenvalue weighted by Crippen LogP contribution is 2.19. The molecule has 0 saturated carbocycles. The second-order valence-electron chi connectivity index (χ2n) is 5.83. The molecule has 1 heterocycles. The summed E-state index contributed by atoms with van der Waals surface area (Å²) < 4.78 is 10.5. The first-order valence-electron chi connectivity index (χ1n) is 8.54. The van der Waals surface area contributed by atoms with Crippen LogP contribution in [0.15, 0.2) is 24.3 Å². The SMILES string of the molecule is CCOC(=O)[C@H]1CCCN(CC(=O)Nc2ccc(OCC)cc2)C1. The Hall–Kier alpha value is -2.08. The molecule has 0 unspecified atom stereocenters. The Kier molecular flexibility index (Phi) is 7.06. The highest BCUT2D eigenvalue weighted by molar-refractivity contribution is 5.92. The number of likely N-dealkylation sites (tertiary alicyclic amines) is 1. The third kappa shape index (κ3) is 5.53. The lowest BCUT2D eigenvalue weighted by molar-refractivity contribution is -0.150. The first kappa shape index (κ1) is 18.3. The van der Waals surface area contributed by atoms with Crippen molar-refractivity contribution in [2.45, 2.75) is 26.7 Å². The number of anilines is 1. The van der Waals surface area contributed by atoms with Gasteiger partial charge < -0.3 is 14.8 Å². The van der Waals surface area contributed by atoms with E-state index in [1.165, 1.54) is 0 Å². The van der Waals surface area contributed by atoms with Gasteiger partial charge >= 0.3 is 5.97 Å². The maximum atomic E-state index is 12.2. The molecule has 1 aliphatic heterocycles. The Bertz CT molecular complexity index is 544. The molecule has 1 aromatic rings. The molecule has 1 atom stereocenters. The predicted octanol–water partition coefficient (Wildman–Crippen LogP) is 2.30. The van der Waals surface area contributed by atoms with Crippen LogP contribution in [0, 0.1) is 5.92 Å². The van der Waals surface area contributed by atoms with Crippen molar-refractivity contribution < 1.29 is 19.1 Å². The molecular weight excluding hydrogens is 308 g/mol. The number of carbonyl (C=O) groups excluding carboxylic acids is 2. The molecular formula is C18H26N2O4. The largest absolute Gasteiger partial charge is 0.494 e. The lowest BCUT2D eigenvalue weighted by Gasteiger charge is -2.30. The molecule has 0 spiro atoms. The average Bonchev–Trinajstić information content (AvgIpc) is 2.57. The first-order valence-corrected chi connectivity index (χ1v) is 8.54. The smallest absolute Gasteiger partial charge is 0.310 e. The summed E-state index contributed by atoms with van der Waals surface area (Å²) in [4.78, 5) is 26.0. The van der Waals surface area contributed by atoms with Crippen molar-refractivity contribution in [1.29, 1.82) is 0 Å². The number of nitrogens with one attached hydrogen (secondary N) is 1. The van der Waals surface area contributed by atoms with Crippen molar-refractivity contribution in [2.75, 3.05) is 38.2 Å². The average molecular weight is 334 g/mol. The summed E-state index contributed by atoms with van der Waals surface area (Å²) in [5, 5.41) is 2.88. The van der Waals surface area contributed by atoms with Crippen molar-refractivity contribution in [2.24, 2.45) is 5.92 Å². The first-order chi connectivity index (χ1) is 11.6. The predicted molar refractivity (Wildman–Crippen MR) is 92.0 cm³/mol. The molecule has 0 aromatic heterocycles. The lowest BCUT2D eigenvalue weighted by Crippen LogP contribution is -2.43. The van der Waals surface area contributed by atoms with E-state index in [2.05, 4.69) is 5.32 Å². The van der Waals surface area contributed by atoms with Gasteiger partial charge in [-0.1, -0.05) is 0 Å². The molecule has 0 radical (unpaired) electrons. The fourth-order valence-electron chi connectivity index (χ4n) is 2.86. The van der Waals surface area contributed by atoms with Crippen molar-refractivity contribution in [3.63, 3.8) is 0 Å². The fraction of sp³-hybridized carbons (Fsp3) is 0.556. The van der Waals surface area contributed by atoms with Gasteiger partial charge in [-0.2, -0.15) is 0 Å². The highest BCUT2D eigenvalue weighted by Gasteiger charge is 2.27. The van der Waals surface area contributed by atoms with Crippen LogP contribution in [-0.2, 0) is 14.3 Å². The van der Waals surface area contributed by atoms with Crippen LogP contribution in [0.1, 0.15) is 26.7 Å². The molecule has 1 amide bonds. The molecule has 1 aliphatic rings. The van der Waals surface area contributed by atoms with E-state index in [1.54, 1.807) is 0 Å². The van der Waals surface area contributed by atoms with Gasteiger partial charge in [-0.3, -0.25) is 14.5 Å². The summed E-state index contributed by atoms with van der Waals surface area (Å²) in [7, 11) is 0. The number of ether oxygens (including phenoxy) is 2. The Balaban J connectivity index is 1.82. The molecule has 1 saturated heterocycles. The van der Waals surface area contributed by atoms with E-state index in [0.29, 0.717) is 19.8 Å². The summed E-state index contributed by atoms with van der Waals surface area (Å²) in [5.74, 6) is 0.415. The number of nitrogens with zero attached hydrogens (tertiary/aromatic N) is 1. The van der Waals surface area contributed by atoms with Crippen LogP contribution in [0.5, 0.6) is 5.75 Å². The molecule has 0 bridgehead atoms. The standard InChI is InChI=1S/C18H26N2O4/c1-3-23-16-9-7-15(8-10-16)19-17(21)13-20-11-5-6-14(12-20)18(22)24-4-2/h7-10,14H,3-6,11-13H2,1-2H3,(H,19,21)/t14-/m0/s1. The maximum absolute atomic E-state index is 12.2. The molecule has 1 aromatic carbocycles. The van der Waals surface area contributed by atoms with Crippen molar-refractivity contribution in [3.05, 3.63) is 24.3 Å². The molecule has 1 N–H and O–H groups in total. The van der Waals surface area contributed by atoms with E-state index in [-0.39, 0.29) is 24.3 Å². The van der Waals surface area contributed by atoms with Crippen LogP contribution >= 0.6 is 0 Å². The number of hydrogen-bond donors (Lipinski definition) is 1. The van der Waals surface area contributed by atoms with E-state index < -0.39 is 0 Å². The minimum atomic E-state index is -0.158. The van der Waals surface area contributed by atoms with Gasteiger partial charge in [-0.25, -0.2) is 0 Å². The molecule has 2 rings (SSSR count). The topological polar surface area (TPSA) is 67.9 Å². The molecule has 6 nitrogen and oxygen atoms in total. The van der Waals surface area contributed by atoms with E-state index in [4.69, 9.17) is 9.47 Å². The Labute approximate surface area is 143 Å². The Morgan fingerprint density at radius 1 is 1.21 bits per heavy atom. The van der Waals surface area contributed by atoms with Crippen LogP contribution in [0.3, 0.4) is 0 Å². The normalized spacial score (nSPS) is 18.0. The summed E-state index contributed by atoms with van der Waals surface area (Å²) in [6.07, 6.45) is 1.73. The van der Waals surface area contributed by atoms with Crippen molar-refractivity contribution in [3.8, 4) is 5.75 Å². The van der Waals surface area contributed by atoms with Crippen LogP contribution in [0.25, 0.3) is 0 Å². The zero-order valence-corrected chi connectivity index (χ0v) is 14.4. The second-order valence-corrected chi connectivity index (χ2v) is 5.83. The molecule has 132 valence electrons. The number of carbonyl (C=O) groups is 2. The fourth-order valence-corrected chi connectivity index (χ4v) is 2.86. The molecule has 1 fully saturated rings. The second kappa shape index (κ2) is 9.27. The van der Waals surface area contributed by atoms with E-state index >= 15 is 0 Å². The summed E-state index contributed by atoms with van der Waals surface area (Å²) in [5.41, 5.74) is 0.738. The zero-order chi connectivity index (χ0) is 17.4. The number of rotatable bonds is 7. The van der Waals surface area contributed by atoms with Gasteiger partial charge in [0.05, 0.1) is 25.7 Å². The van der Waals surface area contributed by atoms with Gasteiger partial charge in [0, 0.05) is 12.2 Å². The van der Waals surface area contributed by atoms with Gasteiger partial charge in [0.25, 0.3) is 0 Å². The maximum Gasteiger partial charge on any atom is 0.310 e. The minimum absolute atomic E-state index is 0.0799. The van der Waals surface area contributed by atoms with Crippen molar-refractivity contribution in [1.82, 2.24) is 4.90 Å². The Morgan fingerprint density at radius 3 is 2.62 bits per heavy atom. The number of piperidine rings is 1. The van der Waals surface area contributed by atoms with Gasteiger partial charge in [-0.05, 0) is 57.5 Å². The van der Waals surface area contributed by atoms with Gasteiger partial charge in [0.15, 0.2) is 0 Å². The summed E-state index contributed by atoms with van der Waals surface area (Å²) in [6.45, 7) is 6.43. The number of amides is 1. The monoisotopic (exact) mass is 334 g/mol. The van der Waals surface area contributed by atoms with Crippen LogP contribution < -0.4 is 10.1 Å². The van der Waals surface area contributed by atoms with Crippen LogP contribution in [0.4, 0.5) is 5.69 Å². The lowest BCUT2D eigenvalue weighted by atomic mass is 9.98. The minimum Gasteiger partial charge on any atom is -0.494 e. The summed E-state index contributed by atoms with van der Waals surface area (Å²) >= 11 is 0. The van der Waals surface area contributed by atoms with Gasteiger partial charge in [0.1, 0.15) is 5.75 Å². The number of hydrogen-bond acceptors (Lipinski definition) is 5. The quantitative estimate of drug-likeness (QED) is 0.775. The van der Waals surface area contributed by atoms with Gasteiger partial charge in [-0.15, -0.1) is 0 Å². The molecule has 6 heteroatoms. The zero-order valence-electron chi connectivity index (χ0n) is 14.4. The molecule has 24 heavy (non-hydrogen) atoms. The number of benzene rings is 1. The van der Waals surface area contributed by atoms with Crippen molar-refractivity contribution >= 4 is 17.6 Å². The Morgan fingerprint density at radius 2 is 1.96 bits per heavy atom. The van der Waals surface area contributed by atoms with Gasteiger partial charge in [0.2, 0.25) is 5.91 Å². The molecule has 0 aliphatic carbocycles. The third-order valence-corrected chi connectivity index (χ3v) is 3.94. The van der Waals surface area contributed by atoms with Crippen LogP contribution in [0.2, 0.25) is 0 Å². The third-order valence-electron chi connectivity index (χ3n) is 3.94. The van der Waals surface area contributed by atoms with E-state index in [1.807, 2.05) is 43.0 Å².